The maximum atomic E-state index is 13.6. The highest BCUT2D eigenvalue weighted by molar-refractivity contribution is 5.97. The van der Waals surface area contributed by atoms with Crippen LogP contribution in [0.3, 0.4) is 0 Å². The van der Waals surface area contributed by atoms with Gasteiger partial charge < -0.3 is 25.7 Å². The van der Waals surface area contributed by atoms with Gasteiger partial charge in [-0.1, -0.05) is 84.1 Å². The average molecular weight is 654 g/mol. The number of alkyl halides is 2. The van der Waals surface area contributed by atoms with Crippen LogP contribution in [0.1, 0.15) is 96.6 Å². The number of rotatable bonds is 12. The summed E-state index contributed by atoms with van der Waals surface area (Å²) in [5, 5.41) is 25.4. The molecule has 1 aromatic carbocycles. The molecule has 3 amide bonds. The zero-order chi connectivity index (χ0) is 36.9. The Bertz CT molecular complexity index is 1060. The summed E-state index contributed by atoms with van der Waals surface area (Å²) in [4.78, 5) is 38.0. The fourth-order valence-electron chi connectivity index (χ4n) is 3.18. The van der Waals surface area contributed by atoms with Crippen LogP contribution in [0.25, 0.3) is 0 Å². The van der Waals surface area contributed by atoms with Crippen LogP contribution in [-0.2, 0) is 9.59 Å². The second-order valence-electron chi connectivity index (χ2n) is 9.88. The molecule has 264 valence electrons. The van der Waals surface area contributed by atoms with Crippen LogP contribution in [0.5, 0.6) is 5.75 Å². The predicted octanol–water partition coefficient (Wildman–Crippen LogP) is 7.44. The van der Waals surface area contributed by atoms with Crippen molar-refractivity contribution in [2.75, 3.05) is 19.6 Å². The lowest BCUT2D eigenvalue weighted by Gasteiger charge is -2.30. The van der Waals surface area contributed by atoms with E-state index in [1.54, 1.807) is 32.9 Å². The number of hydrogen-bond acceptors (Lipinski definition) is 5. The number of aliphatic hydroxyl groups is 1. The first-order valence-corrected chi connectivity index (χ1v) is 15.7. The third kappa shape index (κ3) is 24.5. The van der Waals surface area contributed by atoms with Gasteiger partial charge in [0.1, 0.15) is 5.75 Å². The molecule has 0 spiro atoms. The molecule has 0 aliphatic carbocycles. The molecule has 0 bridgehead atoms. The highest BCUT2D eigenvalue weighted by Crippen LogP contribution is 2.23. The van der Waals surface area contributed by atoms with Crippen molar-refractivity contribution in [1.82, 2.24) is 15.5 Å². The Morgan fingerprint density at radius 2 is 1.54 bits per heavy atom. The lowest BCUT2D eigenvalue weighted by Crippen LogP contribution is -2.55. The molecule has 0 saturated carbocycles. The number of aliphatic hydroxyl groups excluding tert-OH is 1. The van der Waals surface area contributed by atoms with Crippen molar-refractivity contribution in [2.45, 2.75) is 107 Å². The van der Waals surface area contributed by atoms with Crippen LogP contribution < -0.4 is 10.6 Å². The zero-order valence-corrected chi connectivity index (χ0v) is 30.0. The van der Waals surface area contributed by atoms with Crippen LogP contribution >= 0.6 is 0 Å². The minimum Gasteiger partial charge on any atom is -0.508 e. The van der Waals surface area contributed by atoms with Gasteiger partial charge in [-0.3, -0.25) is 14.4 Å². The first-order valence-electron chi connectivity index (χ1n) is 15.7. The maximum absolute atomic E-state index is 13.6. The van der Waals surface area contributed by atoms with Crippen LogP contribution in [-0.4, -0.2) is 70.5 Å². The van der Waals surface area contributed by atoms with E-state index in [2.05, 4.69) is 37.6 Å². The highest BCUT2D eigenvalue weighted by atomic mass is 19.3. The summed E-state index contributed by atoms with van der Waals surface area (Å²) in [5.74, 6) is -5.85. The molecule has 1 aromatic rings. The molecule has 1 rings (SSSR count). The number of nitrogens with zero attached hydrogens (tertiary/aromatic N) is 1. The molecule has 0 aliphatic rings. The van der Waals surface area contributed by atoms with E-state index in [0.29, 0.717) is 23.0 Å². The van der Waals surface area contributed by atoms with Gasteiger partial charge in [-0.25, -0.2) is 8.78 Å². The van der Waals surface area contributed by atoms with E-state index in [1.165, 1.54) is 18.6 Å². The van der Waals surface area contributed by atoms with Crippen molar-refractivity contribution >= 4 is 17.7 Å². The smallest absolute Gasteiger partial charge is 0.262 e. The summed E-state index contributed by atoms with van der Waals surface area (Å²) in [5.41, 5.74) is 1.10. The molecule has 4 N–H and O–H groups in total. The van der Waals surface area contributed by atoms with Crippen molar-refractivity contribution in [2.24, 2.45) is 0 Å². The first kappa shape index (κ1) is 49.1. The van der Waals surface area contributed by atoms with E-state index in [-0.39, 0.29) is 24.3 Å². The van der Waals surface area contributed by atoms with Gasteiger partial charge >= 0.3 is 0 Å². The van der Waals surface area contributed by atoms with Gasteiger partial charge in [-0.05, 0) is 58.7 Å². The van der Waals surface area contributed by atoms with Crippen LogP contribution in [0, 0.1) is 13.8 Å². The molecular weight excluding hydrogens is 592 g/mol. The number of amides is 3. The number of phenolic OH excluding ortho intramolecular Hbond substituents is 1. The Morgan fingerprint density at radius 1 is 1.02 bits per heavy atom. The molecule has 0 radical (unpaired) electrons. The Kier molecular flexibility index (Phi) is 31.9. The van der Waals surface area contributed by atoms with Crippen LogP contribution in [0.4, 0.5) is 8.78 Å². The average Bonchev–Trinajstić information content (AvgIpc) is 3.01. The van der Waals surface area contributed by atoms with E-state index >= 15 is 0 Å². The summed E-state index contributed by atoms with van der Waals surface area (Å²) >= 11 is 0. The summed E-state index contributed by atoms with van der Waals surface area (Å²) in [6, 6.07) is 1.92. The quantitative estimate of drug-likeness (QED) is 0.138. The number of benzene rings is 1. The number of allylic oxidation sites excluding steroid dienone is 5. The van der Waals surface area contributed by atoms with Gasteiger partial charge in [-0.15, -0.1) is 6.58 Å². The van der Waals surface area contributed by atoms with E-state index in [1.807, 2.05) is 58.9 Å². The standard InChI is InChI=1S/C22H31F2N3O5.C5H8.C4H8.C3H8.C2H6/c1-6-8-25-18(29)11-27(12-22(5,23)24)21(32)19(30)16(7-2)26-20(31)15-9-13(3)10-17(28)14(15)4;1-3-5-4-2;1-3-4-2;1-3-2;1-2/h6,9-10,16,19,28,30H,1,7-8,11-12H2,2-5H3,(H,25,29)(H,26,31);3-5H,1H2,2H3;3-4H,1-2H3;3H2,1-2H3;1-2H3/b;5-4-;4-3-;;. The predicted molar refractivity (Wildman–Crippen MR) is 188 cm³/mol. The van der Waals surface area contributed by atoms with E-state index in [4.69, 9.17) is 0 Å². The summed E-state index contributed by atoms with van der Waals surface area (Å²) in [6.07, 6.45) is 10.5. The van der Waals surface area contributed by atoms with Crippen LogP contribution in [0.2, 0.25) is 0 Å². The molecule has 8 nitrogen and oxygen atoms in total. The Morgan fingerprint density at radius 3 is 1.91 bits per heavy atom. The number of nitrogens with one attached hydrogen (secondary N) is 2. The van der Waals surface area contributed by atoms with Crippen molar-refractivity contribution in [3.05, 3.63) is 78.4 Å². The number of carbonyl (C=O) groups excluding carboxylic acids is 3. The first-order chi connectivity index (χ1) is 21.5. The van der Waals surface area contributed by atoms with Crippen molar-refractivity contribution in [1.29, 1.82) is 0 Å². The van der Waals surface area contributed by atoms with Crippen molar-refractivity contribution in [3.63, 3.8) is 0 Å². The Labute approximate surface area is 277 Å². The zero-order valence-electron chi connectivity index (χ0n) is 30.0. The summed E-state index contributed by atoms with van der Waals surface area (Å²) in [6.45, 7) is 24.8. The van der Waals surface area contributed by atoms with Crippen molar-refractivity contribution in [3.8, 4) is 5.75 Å². The molecule has 0 aliphatic heterocycles. The van der Waals surface area contributed by atoms with E-state index < -0.39 is 48.9 Å². The molecule has 0 saturated heterocycles. The van der Waals surface area contributed by atoms with Crippen molar-refractivity contribution < 1.29 is 33.4 Å². The van der Waals surface area contributed by atoms with Gasteiger partial charge in [0.05, 0.1) is 19.1 Å². The third-order valence-electron chi connectivity index (χ3n) is 5.38. The Balaban J connectivity index is -0.000000530. The minimum absolute atomic E-state index is 0.0817. The monoisotopic (exact) mass is 653 g/mol. The molecule has 2 atom stereocenters. The van der Waals surface area contributed by atoms with Gasteiger partial charge in [-0.2, -0.15) is 0 Å². The number of hydrogen-bond donors (Lipinski definition) is 4. The SMILES string of the molecule is C/C=C\C.C=C/C=C\C.C=CCNC(=O)CN(CC(C)(F)F)C(=O)C(O)C(CC)NC(=O)c1cc(C)cc(O)c1C.CC.CCC. The maximum Gasteiger partial charge on any atom is 0.262 e. The number of carbonyl (C=O) groups is 3. The second kappa shape index (κ2) is 29.9. The molecule has 46 heavy (non-hydrogen) atoms. The minimum atomic E-state index is -3.31. The molecular formula is C36H61F2N3O5. The van der Waals surface area contributed by atoms with Gasteiger partial charge in [0.25, 0.3) is 17.7 Å². The number of phenols is 1. The van der Waals surface area contributed by atoms with Gasteiger partial charge in [0.15, 0.2) is 6.10 Å². The summed E-state index contributed by atoms with van der Waals surface area (Å²) < 4.78 is 27.2. The number of aromatic hydroxyl groups is 1. The molecule has 0 aromatic heterocycles. The highest BCUT2D eigenvalue weighted by Gasteiger charge is 2.36. The fourth-order valence-corrected chi connectivity index (χ4v) is 3.18. The lowest BCUT2D eigenvalue weighted by atomic mass is 10.0. The van der Waals surface area contributed by atoms with Crippen LogP contribution in [0.15, 0.2) is 61.7 Å². The lowest BCUT2D eigenvalue weighted by molar-refractivity contribution is -0.149. The largest absolute Gasteiger partial charge is 0.508 e. The van der Waals surface area contributed by atoms with Gasteiger partial charge in [0.2, 0.25) is 5.91 Å². The third-order valence-corrected chi connectivity index (χ3v) is 5.38. The Hall–Kier alpha value is -3.79. The number of halogens is 2. The second-order valence-corrected chi connectivity index (χ2v) is 9.88. The number of aryl methyl sites for hydroxylation is 1. The fraction of sp³-hybridized carbons (Fsp3) is 0.528. The van der Waals surface area contributed by atoms with Gasteiger partial charge in [0, 0.05) is 24.6 Å². The molecule has 10 heteroatoms. The molecule has 2 unspecified atom stereocenters. The summed E-state index contributed by atoms with van der Waals surface area (Å²) in [7, 11) is 0. The molecule has 0 heterocycles. The van der Waals surface area contributed by atoms with E-state index in [0.717, 1.165) is 0 Å². The normalized spacial score (nSPS) is 11.4. The molecule has 0 fully saturated rings. The topological polar surface area (TPSA) is 119 Å². The van der Waals surface area contributed by atoms with E-state index in [9.17, 15) is 33.4 Å².